The number of unbranched alkanes of at least 4 members (excludes halogenated alkanes) is 1. The fourth-order valence-corrected chi connectivity index (χ4v) is 1.93. The summed E-state index contributed by atoms with van der Waals surface area (Å²) in [7, 11) is 0. The minimum atomic E-state index is 0. The minimum absolute atomic E-state index is 0. The van der Waals surface area contributed by atoms with E-state index in [0.29, 0.717) is 18.1 Å². The highest BCUT2D eigenvalue weighted by Gasteiger charge is 2.03. The number of nitrogens with zero attached hydrogens (tertiary/aromatic N) is 3. The van der Waals surface area contributed by atoms with E-state index in [1.54, 1.807) is 0 Å². The predicted molar refractivity (Wildman–Crippen MR) is 101 cm³/mol. The van der Waals surface area contributed by atoms with Gasteiger partial charge in [0.1, 0.15) is 0 Å². The van der Waals surface area contributed by atoms with E-state index < -0.39 is 0 Å². The summed E-state index contributed by atoms with van der Waals surface area (Å²) in [5, 5.41) is 10.3. The number of hydrogen-bond acceptors (Lipinski definition) is 4. The van der Waals surface area contributed by atoms with E-state index in [9.17, 15) is 0 Å². The first-order valence-corrected chi connectivity index (χ1v) is 7.93. The number of hydrogen-bond donors (Lipinski definition) is 2. The summed E-state index contributed by atoms with van der Waals surface area (Å²) in [4.78, 5) is 8.75. The van der Waals surface area contributed by atoms with Gasteiger partial charge in [-0.15, -0.1) is 24.0 Å². The van der Waals surface area contributed by atoms with Crippen molar-refractivity contribution in [3.05, 3.63) is 11.7 Å². The Morgan fingerprint density at radius 1 is 1.27 bits per heavy atom. The maximum Gasteiger partial charge on any atom is 0.228 e. The number of guanidine groups is 1. The molecule has 6 nitrogen and oxygen atoms in total. The van der Waals surface area contributed by atoms with Crippen LogP contribution in [0.25, 0.3) is 0 Å². The molecule has 0 aliphatic carbocycles. The van der Waals surface area contributed by atoms with E-state index in [1.165, 1.54) is 12.8 Å². The minimum Gasteiger partial charge on any atom is -0.357 e. The molecule has 1 heterocycles. The average Bonchev–Trinajstić information content (AvgIpc) is 2.83. The number of aliphatic imine (C=N–C) groups is 1. The van der Waals surface area contributed by atoms with Crippen molar-refractivity contribution in [2.45, 2.75) is 53.4 Å². The molecule has 1 aromatic rings. The summed E-state index contributed by atoms with van der Waals surface area (Å²) in [5.41, 5.74) is 0. The summed E-state index contributed by atoms with van der Waals surface area (Å²) >= 11 is 0. The van der Waals surface area contributed by atoms with Crippen LogP contribution in [-0.4, -0.2) is 35.7 Å². The highest BCUT2D eigenvalue weighted by Crippen LogP contribution is 2.05. The molecule has 1 aromatic heterocycles. The Balaban J connectivity index is 0.00000441. The van der Waals surface area contributed by atoms with Crippen LogP contribution in [0.4, 0.5) is 0 Å². The summed E-state index contributed by atoms with van der Waals surface area (Å²) in [6.45, 7) is 10.9. The Morgan fingerprint density at radius 2 is 2.05 bits per heavy atom. The second kappa shape index (κ2) is 12.7. The van der Waals surface area contributed by atoms with Crippen molar-refractivity contribution in [2.24, 2.45) is 10.9 Å². The molecule has 128 valence electrons. The first kappa shape index (κ1) is 21.1. The van der Waals surface area contributed by atoms with E-state index in [0.717, 1.165) is 37.9 Å². The monoisotopic (exact) mass is 423 g/mol. The Bertz CT molecular complexity index is 420. The lowest BCUT2D eigenvalue weighted by atomic mass is 10.1. The second-order valence-corrected chi connectivity index (χ2v) is 5.56. The molecule has 0 aromatic carbocycles. The van der Waals surface area contributed by atoms with Gasteiger partial charge in [-0.2, -0.15) is 4.98 Å². The molecular weight excluding hydrogens is 393 g/mol. The Labute approximate surface area is 150 Å². The SMILES string of the molecule is CCNC(=NCCCCC(C)C)NCCc1nc(C)no1.I. The smallest absolute Gasteiger partial charge is 0.228 e. The summed E-state index contributed by atoms with van der Waals surface area (Å²) in [5.74, 6) is 2.97. The molecule has 0 atom stereocenters. The number of halogens is 1. The standard InChI is InChI=1S/C15H29N5O.HI/c1-5-16-15(17-10-7-6-8-12(2)3)18-11-9-14-19-13(4)20-21-14;/h12H,5-11H2,1-4H3,(H2,16,17,18);1H. The van der Waals surface area contributed by atoms with Gasteiger partial charge in [-0.3, -0.25) is 4.99 Å². The van der Waals surface area contributed by atoms with Crippen LogP contribution in [0.2, 0.25) is 0 Å². The molecule has 0 unspecified atom stereocenters. The topological polar surface area (TPSA) is 75.3 Å². The van der Waals surface area contributed by atoms with Crippen molar-refractivity contribution in [3.63, 3.8) is 0 Å². The van der Waals surface area contributed by atoms with E-state index in [-0.39, 0.29) is 24.0 Å². The summed E-state index contributed by atoms with van der Waals surface area (Å²) < 4.78 is 5.08. The average molecular weight is 423 g/mol. The number of aryl methyl sites for hydroxylation is 1. The molecule has 0 saturated carbocycles. The van der Waals surface area contributed by atoms with Crippen LogP contribution in [-0.2, 0) is 6.42 Å². The molecule has 22 heavy (non-hydrogen) atoms. The lowest BCUT2D eigenvalue weighted by Crippen LogP contribution is -2.38. The maximum atomic E-state index is 5.08. The summed E-state index contributed by atoms with van der Waals surface area (Å²) in [6, 6.07) is 0. The molecule has 0 aliphatic rings. The molecule has 1 rings (SSSR count). The van der Waals surface area contributed by atoms with Crippen LogP contribution < -0.4 is 10.6 Å². The van der Waals surface area contributed by atoms with Crippen molar-refractivity contribution in [3.8, 4) is 0 Å². The third-order valence-electron chi connectivity index (χ3n) is 3.00. The van der Waals surface area contributed by atoms with Crippen molar-refractivity contribution in [1.82, 2.24) is 20.8 Å². The second-order valence-electron chi connectivity index (χ2n) is 5.56. The van der Waals surface area contributed by atoms with Crippen LogP contribution in [0.15, 0.2) is 9.52 Å². The quantitative estimate of drug-likeness (QED) is 0.277. The zero-order valence-electron chi connectivity index (χ0n) is 14.2. The van der Waals surface area contributed by atoms with Gasteiger partial charge in [0.2, 0.25) is 5.89 Å². The van der Waals surface area contributed by atoms with Crippen LogP contribution >= 0.6 is 24.0 Å². The molecule has 0 amide bonds. The van der Waals surface area contributed by atoms with Crippen molar-refractivity contribution < 1.29 is 4.52 Å². The zero-order valence-corrected chi connectivity index (χ0v) is 16.5. The highest BCUT2D eigenvalue weighted by molar-refractivity contribution is 14.0. The van der Waals surface area contributed by atoms with Crippen molar-refractivity contribution in [1.29, 1.82) is 0 Å². The lowest BCUT2D eigenvalue weighted by Gasteiger charge is -2.10. The van der Waals surface area contributed by atoms with Crippen LogP contribution in [0, 0.1) is 12.8 Å². The van der Waals surface area contributed by atoms with Crippen LogP contribution in [0.1, 0.15) is 51.7 Å². The summed E-state index contributed by atoms with van der Waals surface area (Å²) in [6.07, 6.45) is 4.36. The third kappa shape index (κ3) is 9.97. The molecule has 0 bridgehead atoms. The van der Waals surface area contributed by atoms with Gasteiger partial charge in [0, 0.05) is 26.1 Å². The van der Waals surface area contributed by atoms with Crippen LogP contribution in [0.5, 0.6) is 0 Å². The fraction of sp³-hybridized carbons (Fsp3) is 0.800. The van der Waals surface area contributed by atoms with Gasteiger partial charge >= 0.3 is 0 Å². The van der Waals surface area contributed by atoms with Crippen molar-refractivity contribution in [2.75, 3.05) is 19.6 Å². The van der Waals surface area contributed by atoms with Gasteiger partial charge in [-0.25, -0.2) is 0 Å². The Morgan fingerprint density at radius 3 is 2.64 bits per heavy atom. The first-order chi connectivity index (χ1) is 10.1. The molecule has 0 aliphatic heterocycles. The zero-order chi connectivity index (χ0) is 15.5. The van der Waals surface area contributed by atoms with Crippen LogP contribution in [0.3, 0.4) is 0 Å². The van der Waals surface area contributed by atoms with Gasteiger partial charge in [0.25, 0.3) is 0 Å². The number of rotatable bonds is 9. The van der Waals surface area contributed by atoms with Gasteiger partial charge in [-0.05, 0) is 26.2 Å². The van der Waals surface area contributed by atoms with Gasteiger partial charge < -0.3 is 15.2 Å². The predicted octanol–water partition coefficient (Wildman–Crippen LogP) is 2.92. The first-order valence-electron chi connectivity index (χ1n) is 7.93. The maximum absolute atomic E-state index is 5.08. The Kier molecular flexibility index (Phi) is 12.2. The third-order valence-corrected chi connectivity index (χ3v) is 3.00. The highest BCUT2D eigenvalue weighted by atomic mass is 127. The molecule has 0 saturated heterocycles. The molecule has 7 heteroatoms. The number of nitrogens with one attached hydrogen (secondary N) is 2. The molecule has 0 fully saturated rings. The molecular formula is C15H30IN5O. The Hall–Kier alpha value is -0.860. The lowest BCUT2D eigenvalue weighted by molar-refractivity contribution is 0.374. The van der Waals surface area contributed by atoms with Gasteiger partial charge in [0.15, 0.2) is 11.8 Å². The molecule has 0 spiro atoms. The molecule has 2 N–H and O–H groups in total. The van der Waals surface area contributed by atoms with Gasteiger partial charge in [-0.1, -0.05) is 31.8 Å². The van der Waals surface area contributed by atoms with E-state index in [1.807, 2.05) is 6.92 Å². The fourth-order valence-electron chi connectivity index (χ4n) is 1.93. The number of aromatic nitrogens is 2. The molecule has 0 radical (unpaired) electrons. The van der Waals surface area contributed by atoms with E-state index in [4.69, 9.17) is 4.52 Å². The van der Waals surface area contributed by atoms with E-state index in [2.05, 4.69) is 46.5 Å². The van der Waals surface area contributed by atoms with Crippen molar-refractivity contribution >= 4 is 29.9 Å². The van der Waals surface area contributed by atoms with Gasteiger partial charge in [0.05, 0.1) is 0 Å². The normalized spacial score (nSPS) is 11.4. The van der Waals surface area contributed by atoms with E-state index >= 15 is 0 Å². The largest absolute Gasteiger partial charge is 0.357 e.